The predicted molar refractivity (Wildman–Crippen MR) is 112 cm³/mol. The third-order valence-electron chi connectivity index (χ3n) is 4.36. The molecule has 7 heteroatoms. The molecule has 5 nitrogen and oxygen atoms in total. The van der Waals surface area contributed by atoms with E-state index in [2.05, 4.69) is 15.4 Å². The number of amides is 1. The zero-order valence-electron chi connectivity index (χ0n) is 16.4. The zero-order chi connectivity index (χ0) is 21.3. The molecule has 0 saturated carbocycles. The molecule has 2 N–H and O–H groups in total. The molecule has 3 aromatic carbocycles. The lowest BCUT2D eigenvalue weighted by Crippen LogP contribution is -2.22. The summed E-state index contributed by atoms with van der Waals surface area (Å²) in [4.78, 5) is 12.4. The van der Waals surface area contributed by atoms with Gasteiger partial charge in [-0.05, 0) is 35.7 Å². The zero-order valence-corrected chi connectivity index (χ0v) is 16.4. The van der Waals surface area contributed by atoms with Gasteiger partial charge in [0, 0.05) is 17.4 Å². The van der Waals surface area contributed by atoms with Gasteiger partial charge in [0.05, 0.1) is 13.7 Å². The Morgan fingerprint density at radius 1 is 0.967 bits per heavy atom. The Bertz CT molecular complexity index is 981. The Morgan fingerprint density at radius 2 is 1.70 bits per heavy atom. The van der Waals surface area contributed by atoms with Crippen molar-refractivity contribution in [2.45, 2.75) is 13.0 Å². The molecule has 0 aromatic heterocycles. The van der Waals surface area contributed by atoms with E-state index in [4.69, 9.17) is 4.74 Å². The van der Waals surface area contributed by atoms with Crippen LogP contribution in [-0.2, 0) is 11.2 Å². The molecular weight excluding hydrogens is 390 g/mol. The van der Waals surface area contributed by atoms with Crippen LogP contribution in [0.25, 0.3) is 0 Å². The van der Waals surface area contributed by atoms with E-state index in [0.717, 1.165) is 16.8 Å². The Hall–Kier alpha value is -3.61. The van der Waals surface area contributed by atoms with Crippen LogP contribution in [0.1, 0.15) is 11.1 Å². The SMILES string of the molecule is COc1ccc(NCC(=O)Nc2ccccc2Cc2ccccc2)cc1OC(F)F. The summed E-state index contributed by atoms with van der Waals surface area (Å²) in [6.07, 6.45) is 0.692. The van der Waals surface area contributed by atoms with E-state index in [1.807, 2.05) is 54.6 Å². The molecular formula is C23H22F2N2O3. The Morgan fingerprint density at radius 3 is 2.43 bits per heavy atom. The van der Waals surface area contributed by atoms with Crippen molar-refractivity contribution in [3.05, 3.63) is 83.9 Å². The highest BCUT2D eigenvalue weighted by Gasteiger charge is 2.12. The minimum atomic E-state index is -2.97. The number of hydrogen-bond donors (Lipinski definition) is 2. The van der Waals surface area contributed by atoms with Crippen molar-refractivity contribution in [3.63, 3.8) is 0 Å². The van der Waals surface area contributed by atoms with Crippen LogP contribution in [0.3, 0.4) is 0 Å². The second-order valence-corrected chi connectivity index (χ2v) is 6.47. The van der Waals surface area contributed by atoms with Crippen LogP contribution in [0.2, 0.25) is 0 Å². The standard InChI is InChI=1S/C23H22F2N2O3/c1-29-20-12-11-18(14-21(20)30-23(24)25)26-15-22(28)27-19-10-6-5-9-17(19)13-16-7-3-2-4-8-16/h2-12,14,23,26H,13,15H2,1H3,(H,27,28). The quantitative estimate of drug-likeness (QED) is 0.523. The summed E-state index contributed by atoms with van der Waals surface area (Å²) < 4.78 is 34.6. The average Bonchev–Trinajstić information content (AvgIpc) is 2.74. The van der Waals surface area contributed by atoms with Crippen LogP contribution < -0.4 is 20.1 Å². The van der Waals surface area contributed by atoms with E-state index in [-0.39, 0.29) is 24.0 Å². The highest BCUT2D eigenvalue weighted by Crippen LogP contribution is 2.31. The number of benzene rings is 3. The first kappa shape index (κ1) is 21.1. The van der Waals surface area contributed by atoms with Gasteiger partial charge in [0.25, 0.3) is 0 Å². The lowest BCUT2D eigenvalue weighted by Gasteiger charge is -2.14. The number of halogens is 2. The van der Waals surface area contributed by atoms with Gasteiger partial charge in [0.15, 0.2) is 11.5 Å². The van der Waals surface area contributed by atoms with Crippen LogP contribution in [0.5, 0.6) is 11.5 Å². The number of ether oxygens (including phenoxy) is 2. The molecule has 0 unspecified atom stereocenters. The summed E-state index contributed by atoms with van der Waals surface area (Å²) in [6.45, 7) is -3.02. The van der Waals surface area contributed by atoms with E-state index >= 15 is 0 Å². The summed E-state index contributed by atoms with van der Waals surface area (Å²) in [7, 11) is 1.36. The first-order chi connectivity index (χ1) is 14.5. The lowest BCUT2D eigenvalue weighted by atomic mass is 10.0. The van der Waals surface area contributed by atoms with Crippen LogP contribution in [0.15, 0.2) is 72.8 Å². The summed E-state index contributed by atoms with van der Waals surface area (Å²) in [6, 6.07) is 22.0. The van der Waals surface area contributed by atoms with E-state index in [1.54, 1.807) is 6.07 Å². The second kappa shape index (κ2) is 10.2. The number of carbonyl (C=O) groups is 1. The highest BCUT2D eigenvalue weighted by atomic mass is 19.3. The first-order valence-corrected chi connectivity index (χ1v) is 9.33. The molecule has 30 heavy (non-hydrogen) atoms. The summed E-state index contributed by atoms with van der Waals surface area (Å²) in [5.74, 6) is -0.186. The third kappa shape index (κ3) is 5.94. The van der Waals surface area contributed by atoms with Gasteiger partial charge in [-0.25, -0.2) is 0 Å². The highest BCUT2D eigenvalue weighted by molar-refractivity contribution is 5.94. The van der Waals surface area contributed by atoms with Gasteiger partial charge in [-0.3, -0.25) is 4.79 Å². The normalized spacial score (nSPS) is 10.5. The lowest BCUT2D eigenvalue weighted by molar-refractivity contribution is -0.114. The van der Waals surface area contributed by atoms with E-state index in [9.17, 15) is 13.6 Å². The summed E-state index contributed by atoms with van der Waals surface area (Å²) in [5, 5.41) is 5.80. The maximum atomic E-state index is 12.6. The number of rotatable bonds is 9. The van der Waals surface area contributed by atoms with Crippen LogP contribution in [0.4, 0.5) is 20.2 Å². The Kier molecular flexibility index (Phi) is 7.21. The van der Waals surface area contributed by atoms with E-state index in [0.29, 0.717) is 12.1 Å². The van der Waals surface area contributed by atoms with E-state index < -0.39 is 6.61 Å². The number of nitrogens with one attached hydrogen (secondary N) is 2. The Balaban J connectivity index is 1.63. The van der Waals surface area contributed by atoms with Gasteiger partial charge in [0.2, 0.25) is 5.91 Å². The minimum Gasteiger partial charge on any atom is -0.493 e. The molecule has 0 heterocycles. The van der Waals surface area contributed by atoms with Gasteiger partial charge in [-0.1, -0.05) is 48.5 Å². The van der Waals surface area contributed by atoms with Crippen molar-refractivity contribution in [1.82, 2.24) is 0 Å². The fourth-order valence-electron chi connectivity index (χ4n) is 2.96. The van der Waals surface area contributed by atoms with Crippen molar-refractivity contribution < 1.29 is 23.0 Å². The van der Waals surface area contributed by atoms with Gasteiger partial charge < -0.3 is 20.1 Å². The molecule has 0 radical (unpaired) electrons. The van der Waals surface area contributed by atoms with Crippen LogP contribution in [-0.4, -0.2) is 26.2 Å². The molecule has 0 fully saturated rings. The molecule has 0 aliphatic carbocycles. The molecule has 0 atom stereocenters. The molecule has 0 bridgehead atoms. The van der Waals surface area contributed by atoms with Crippen molar-refractivity contribution in [3.8, 4) is 11.5 Å². The molecule has 0 spiro atoms. The monoisotopic (exact) mass is 412 g/mol. The van der Waals surface area contributed by atoms with Gasteiger partial charge in [-0.15, -0.1) is 0 Å². The number of para-hydroxylation sites is 1. The maximum Gasteiger partial charge on any atom is 0.387 e. The number of methoxy groups -OCH3 is 1. The second-order valence-electron chi connectivity index (χ2n) is 6.47. The van der Waals surface area contributed by atoms with Crippen LogP contribution >= 0.6 is 0 Å². The first-order valence-electron chi connectivity index (χ1n) is 9.33. The molecule has 0 aliphatic rings. The van der Waals surface area contributed by atoms with Gasteiger partial charge in [0.1, 0.15) is 0 Å². The molecule has 3 aromatic rings. The number of alkyl halides is 2. The molecule has 156 valence electrons. The molecule has 0 aliphatic heterocycles. The van der Waals surface area contributed by atoms with Crippen molar-refractivity contribution in [1.29, 1.82) is 0 Å². The molecule has 3 rings (SSSR count). The number of carbonyl (C=O) groups excluding carboxylic acids is 1. The van der Waals surface area contributed by atoms with Crippen molar-refractivity contribution in [2.75, 3.05) is 24.3 Å². The average molecular weight is 412 g/mol. The fraction of sp³-hybridized carbons (Fsp3) is 0.174. The van der Waals surface area contributed by atoms with E-state index in [1.165, 1.54) is 19.2 Å². The number of hydrogen-bond acceptors (Lipinski definition) is 4. The topological polar surface area (TPSA) is 59.6 Å². The van der Waals surface area contributed by atoms with Crippen molar-refractivity contribution in [2.24, 2.45) is 0 Å². The smallest absolute Gasteiger partial charge is 0.387 e. The summed E-state index contributed by atoms with van der Waals surface area (Å²) in [5.41, 5.74) is 3.32. The van der Waals surface area contributed by atoms with Gasteiger partial charge in [-0.2, -0.15) is 8.78 Å². The van der Waals surface area contributed by atoms with Crippen molar-refractivity contribution >= 4 is 17.3 Å². The third-order valence-corrected chi connectivity index (χ3v) is 4.36. The number of anilines is 2. The minimum absolute atomic E-state index is 0.0415. The molecule has 1 amide bonds. The largest absolute Gasteiger partial charge is 0.493 e. The molecule has 0 saturated heterocycles. The fourth-order valence-corrected chi connectivity index (χ4v) is 2.96. The maximum absolute atomic E-state index is 12.6. The van der Waals surface area contributed by atoms with Crippen LogP contribution in [0, 0.1) is 0 Å². The van der Waals surface area contributed by atoms with Gasteiger partial charge >= 0.3 is 6.61 Å². The Labute approximate surface area is 173 Å². The predicted octanol–water partition coefficient (Wildman–Crippen LogP) is 4.94. The summed E-state index contributed by atoms with van der Waals surface area (Å²) >= 11 is 0.